The van der Waals surface area contributed by atoms with E-state index in [0.29, 0.717) is 18.5 Å². The van der Waals surface area contributed by atoms with Crippen molar-refractivity contribution in [1.29, 1.82) is 0 Å². The number of rotatable bonds is 9. The van der Waals surface area contributed by atoms with Gasteiger partial charge in [-0.25, -0.2) is 9.78 Å². The lowest BCUT2D eigenvalue weighted by molar-refractivity contribution is -0.142. The molecule has 1 amide bonds. The summed E-state index contributed by atoms with van der Waals surface area (Å²) in [5, 5.41) is 17.0. The Morgan fingerprint density at radius 1 is 0.778 bits per heavy atom. The number of aliphatic carboxylic acids is 1. The number of carbonyl (C=O) groups is 2. The van der Waals surface area contributed by atoms with Gasteiger partial charge in [0.05, 0.1) is 12.0 Å². The molecule has 5 rings (SSSR count). The van der Waals surface area contributed by atoms with E-state index in [2.05, 4.69) is 51.7 Å². The number of nitrogens with zero attached hydrogens (tertiary/aromatic N) is 1. The maximum Gasteiger partial charge on any atom is 0.326 e. The fourth-order valence-electron chi connectivity index (χ4n) is 4.83. The monoisotopic (exact) mass is 477 g/mol. The molecular weight excluding hydrogens is 450 g/mol. The van der Waals surface area contributed by atoms with Crippen LogP contribution in [0.4, 0.5) is 0 Å². The van der Waals surface area contributed by atoms with Crippen LogP contribution in [0.5, 0.6) is 0 Å². The Labute approximate surface area is 209 Å². The third kappa shape index (κ3) is 5.13. The Balaban J connectivity index is 1.48. The molecule has 180 valence electrons. The van der Waals surface area contributed by atoms with E-state index in [0.717, 1.165) is 32.7 Å². The number of aromatic amines is 1. The summed E-state index contributed by atoms with van der Waals surface area (Å²) < 4.78 is 0. The topological polar surface area (TPSA) is 95.1 Å². The number of hydrogen-bond acceptors (Lipinski definition) is 3. The largest absolute Gasteiger partial charge is 0.480 e. The molecule has 0 radical (unpaired) electrons. The molecule has 0 bridgehead atoms. The van der Waals surface area contributed by atoms with Gasteiger partial charge in [-0.05, 0) is 45.5 Å². The lowest BCUT2D eigenvalue weighted by Gasteiger charge is -2.22. The second kappa shape index (κ2) is 10.4. The first-order valence-electron chi connectivity index (χ1n) is 12.0. The molecule has 5 aromatic rings. The van der Waals surface area contributed by atoms with E-state index in [4.69, 9.17) is 0 Å². The average molecular weight is 478 g/mol. The predicted octanol–water partition coefficient (Wildman–Crippen LogP) is 4.93. The molecule has 6 nitrogen and oxygen atoms in total. The Morgan fingerprint density at radius 3 is 1.86 bits per heavy atom. The number of imidazole rings is 1. The van der Waals surface area contributed by atoms with E-state index in [-0.39, 0.29) is 12.3 Å². The number of nitrogens with one attached hydrogen (secondary N) is 2. The van der Waals surface area contributed by atoms with Gasteiger partial charge in [0, 0.05) is 18.5 Å². The fourth-order valence-corrected chi connectivity index (χ4v) is 4.83. The van der Waals surface area contributed by atoms with Crippen LogP contribution in [0.25, 0.3) is 21.5 Å². The van der Waals surface area contributed by atoms with Crippen molar-refractivity contribution in [3.05, 3.63) is 114 Å². The van der Waals surface area contributed by atoms with Crippen molar-refractivity contribution in [1.82, 2.24) is 15.3 Å². The highest BCUT2D eigenvalue weighted by molar-refractivity contribution is 5.90. The molecule has 0 spiro atoms. The minimum absolute atomic E-state index is 0.111. The first-order valence-corrected chi connectivity index (χ1v) is 12.0. The normalized spacial score (nSPS) is 12.1. The van der Waals surface area contributed by atoms with Gasteiger partial charge >= 0.3 is 5.97 Å². The van der Waals surface area contributed by atoms with Gasteiger partial charge < -0.3 is 15.4 Å². The molecule has 0 aliphatic carbocycles. The highest BCUT2D eigenvalue weighted by atomic mass is 16.4. The molecule has 36 heavy (non-hydrogen) atoms. The van der Waals surface area contributed by atoms with Gasteiger partial charge in [-0.2, -0.15) is 0 Å². The molecule has 4 aromatic carbocycles. The third-order valence-corrected chi connectivity index (χ3v) is 6.65. The van der Waals surface area contributed by atoms with Gasteiger partial charge in [0.25, 0.3) is 0 Å². The van der Waals surface area contributed by atoms with Crippen molar-refractivity contribution in [3.63, 3.8) is 0 Å². The van der Waals surface area contributed by atoms with Crippen molar-refractivity contribution in [2.45, 2.75) is 25.3 Å². The summed E-state index contributed by atoms with van der Waals surface area (Å²) >= 11 is 0. The number of hydrogen-bond donors (Lipinski definition) is 3. The smallest absolute Gasteiger partial charge is 0.326 e. The van der Waals surface area contributed by atoms with Gasteiger partial charge in [0.15, 0.2) is 0 Å². The fraction of sp³-hybridized carbons (Fsp3) is 0.167. The van der Waals surface area contributed by atoms with E-state index >= 15 is 0 Å². The van der Waals surface area contributed by atoms with Crippen LogP contribution in [0.15, 0.2) is 97.5 Å². The molecule has 6 heteroatoms. The predicted molar refractivity (Wildman–Crippen MR) is 141 cm³/mol. The molecule has 3 N–H and O–H groups in total. The number of fused-ring (bicyclic) bond motifs is 2. The summed E-state index contributed by atoms with van der Waals surface area (Å²) in [4.78, 5) is 32.6. The molecule has 0 saturated heterocycles. The minimum atomic E-state index is -1.08. The van der Waals surface area contributed by atoms with Crippen LogP contribution in [-0.2, 0) is 28.9 Å². The van der Waals surface area contributed by atoms with E-state index in [9.17, 15) is 14.7 Å². The van der Waals surface area contributed by atoms with Crippen LogP contribution in [-0.4, -0.2) is 33.0 Å². The number of benzene rings is 4. The second-order valence-corrected chi connectivity index (χ2v) is 9.05. The maximum atomic E-state index is 13.7. The molecular formula is C30H27N3O3. The maximum absolute atomic E-state index is 13.7. The van der Waals surface area contributed by atoms with Crippen LogP contribution < -0.4 is 5.32 Å². The summed E-state index contributed by atoms with van der Waals surface area (Å²) in [6, 6.07) is 27.4. The third-order valence-electron chi connectivity index (χ3n) is 6.65. The zero-order valence-electron chi connectivity index (χ0n) is 19.7. The number of carboxylic acids is 1. The van der Waals surface area contributed by atoms with Crippen LogP contribution in [0, 0.1) is 5.92 Å². The van der Waals surface area contributed by atoms with E-state index in [1.165, 1.54) is 6.33 Å². The average Bonchev–Trinajstić information content (AvgIpc) is 3.41. The molecule has 0 fully saturated rings. The van der Waals surface area contributed by atoms with Crippen molar-refractivity contribution in [2.75, 3.05) is 0 Å². The van der Waals surface area contributed by atoms with Gasteiger partial charge in [-0.15, -0.1) is 0 Å². The van der Waals surface area contributed by atoms with Crippen molar-refractivity contribution >= 4 is 33.4 Å². The molecule has 0 unspecified atom stereocenters. The lowest BCUT2D eigenvalue weighted by Crippen LogP contribution is -2.46. The quantitative estimate of drug-likeness (QED) is 0.281. The highest BCUT2D eigenvalue weighted by Gasteiger charge is 2.27. The molecule has 1 heterocycles. The van der Waals surface area contributed by atoms with E-state index < -0.39 is 17.9 Å². The summed E-state index contributed by atoms with van der Waals surface area (Å²) in [6.07, 6.45) is 4.24. The zero-order valence-corrected chi connectivity index (χ0v) is 19.7. The van der Waals surface area contributed by atoms with Gasteiger partial charge in [-0.1, -0.05) is 84.9 Å². The highest BCUT2D eigenvalue weighted by Crippen LogP contribution is 2.26. The number of aromatic nitrogens is 2. The summed E-state index contributed by atoms with van der Waals surface area (Å²) in [7, 11) is 0. The van der Waals surface area contributed by atoms with Crippen LogP contribution in [0.3, 0.4) is 0 Å². The number of carbonyl (C=O) groups excluding carboxylic acids is 1. The molecule has 0 aliphatic heterocycles. The van der Waals surface area contributed by atoms with Gasteiger partial charge in [-0.3, -0.25) is 4.79 Å². The van der Waals surface area contributed by atoms with Crippen LogP contribution >= 0.6 is 0 Å². The van der Waals surface area contributed by atoms with Crippen LogP contribution in [0.2, 0.25) is 0 Å². The summed E-state index contributed by atoms with van der Waals surface area (Å²) in [5.74, 6) is -1.82. The standard InChI is InChI=1S/C30H27N3O3/c34-29(33-28(30(35)36)17-25-18-31-19-32-25)24(15-22-11-5-9-20-7-1-3-13-26(20)22)16-23-12-6-10-21-8-2-4-14-27(21)23/h1-14,18-19,24,28H,15-17H2,(H,31,32)(H,33,34)(H,35,36)/t28-/m1/s1. The molecule has 1 atom stereocenters. The SMILES string of the molecule is O=C(N[C@H](Cc1c[nH]cn1)C(=O)O)C(Cc1cccc2ccccc12)Cc1cccc2ccccc12. The Hall–Kier alpha value is -4.45. The zero-order chi connectivity index (χ0) is 24.9. The Morgan fingerprint density at radius 2 is 1.33 bits per heavy atom. The first kappa shape index (κ1) is 23.3. The van der Waals surface area contributed by atoms with Gasteiger partial charge in [0.2, 0.25) is 5.91 Å². The molecule has 0 aliphatic rings. The summed E-state index contributed by atoms with van der Waals surface area (Å²) in [5.41, 5.74) is 2.71. The number of H-pyrrole nitrogens is 1. The summed E-state index contributed by atoms with van der Waals surface area (Å²) in [6.45, 7) is 0. The number of carboxylic acid groups (broad SMARTS) is 1. The molecule has 0 saturated carbocycles. The lowest BCUT2D eigenvalue weighted by atomic mass is 9.87. The van der Waals surface area contributed by atoms with E-state index in [1.807, 2.05) is 48.5 Å². The van der Waals surface area contributed by atoms with Crippen molar-refractivity contribution in [3.8, 4) is 0 Å². The Bertz CT molecular complexity index is 1420. The Kier molecular flexibility index (Phi) is 6.76. The van der Waals surface area contributed by atoms with E-state index in [1.54, 1.807) is 6.20 Å². The second-order valence-electron chi connectivity index (χ2n) is 9.05. The minimum Gasteiger partial charge on any atom is -0.480 e. The van der Waals surface area contributed by atoms with Crippen LogP contribution in [0.1, 0.15) is 16.8 Å². The first-order chi connectivity index (χ1) is 17.6. The van der Waals surface area contributed by atoms with Crippen molar-refractivity contribution < 1.29 is 14.7 Å². The molecule has 1 aromatic heterocycles. The van der Waals surface area contributed by atoms with Gasteiger partial charge in [0.1, 0.15) is 6.04 Å². The number of amides is 1. The van der Waals surface area contributed by atoms with Crippen molar-refractivity contribution in [2.24, 2.45) is 5.92 Å².